The van der Waals surface area contributed by atoms with Gasteiger partial charge in [-0.1, -0.05) is 13.3 Å². The van der Waals surface area contributed by atoms with Gasteiger partial charge in [0.05, 0.1) is 25.1 Å². The van der Waals surface area contributed by atoms with Gasteiger partial charge in [0.15, 0.2) is 5.82 Å². The lowest BCUT2D eigenvalue weighted by Gasteiger charge is -2.26. The van der Waals surface area contributed by atoms with Crippen LogP contribution in [0.25, 0.3) is 0 Å². The third kappa shape index (κ3) is 6.71. The number of ether oxygens (including phenoxy) is 2. The zero-order valence-electron chi connectivity index (χ0n) is 15.0. The molecular formula is C16H31N5O4. The summed E-state index contributed by atoms with van der Waals surface area (Å²) in [4.78, 5) is 22.1. The molecule has 1 amide bonds. The lowest BCUT2D eigenvalue weighted by Crippen LogP contribution is -2.42. The van der Waals surface area contributed by atoms with Crippen molar-refractivity contribution >= 4 is 17.4 Å². The topological polar surface area (TPSA) is 120 Å². The predicted molar refractivity (Wildman–Crippen MR) is 98.2 cm³/mol. The fourth-order valence-corrected chi connectivity index (χ4v) is 2.32. The third-order valence-electron chi connectivity index (χ3n) is 3.75. The van der Waals surface area contributed by atoms with E-state index in [9.17, 15) is 4.79 Å². The lowest BCUT2D eigenvalue weighted by atomic mass is 10.3. The zero-order valence-corrected chi connectivity index (χ0v) is 15.0. The van der Waals surface area contributed by atoms with Gasteiger partial charge >= 0.3 is 6.01 Å². The molecule has 0 aromatic carbocycles. The minimum absolute atomic E-state index is 0. The quantitative estimate of drug-likeness (QED) is 0.594. The van der Waals surface area contributed by atoms with Crippen LogP contribution in [0, 0.1) is 0 Å². The molecule has 1 fully saturated rings. The summed E-state index contributed by atoms with van der Waals surface area (Å²) in [6, 6.07) is 0.383. The van der Waals surface area contributed by atoms with E-state index in [1.807, 2.05) is 11.9 Å². The highest BCUT2D eigenvalue weighted by molar-refractivity contribution is 5.77. The van der Waals surface area contributed by atoms with Crippen molar-refractivity contribution in [1.82, 2.24) is 14.9 Å². The van der Waals surface area contributed by atoms with Gasteiger partial charge in [0.1, 0.15) is 6.61 Å². The number of hydrogen-bond donors (Lipinski definition) is 2. The molecule has 1 saturated heterocycles. The van der Waals surface area contributed by atoms with Crippen LogP contribution in [0.2, 0.25) is 0 Å². The predicted octanol–water partition coefficient (Wildman–Crippen LogP) is 0.779. The molecule has 4 N–H and O–H groups in total. The Kier molecular flexibility index (Phi) is 9.56. The van der Waals surface area contributed by atoms with E-state index in [1.165, 1.54) is 0 Å². The fraction of sp³-hybridized carbons (Fsp3) is 0.688. The first-order valence-electron chi connectivity index (χ1n) is 8.51. The molecule has 0 saturated carbocycles. The normalized spacial score (nSPS) is 14.0. The molecule has 0 unspecified atom stereocenters. The van der Waals surface area contributed by atoms with Crippen LogP contribution in [-0.2, 0) is 9.53 Å². The Morgan fingerprint density at radius 3 is 3.00 bits per heavy atom. The molecule has 1 aliphatic rings. The van der Waals surface area contributed by atoms with Gasteiger partial charge in [-0.2, -0.15) is 4.98 Å². The minimum Gasteiger partial charge on any atom is -0.463 e. The van der Waals surface area contributed by atoms with E-state index in [0.717, 1.165) is 31.5 Å². The summed E-state index contributed by atoms with van der Waals surface area (Å²) < 4.78 is 10.7. The Balaban J connectivity index is 0.00000312. The summed E-state index contributed by atoms with van der Waals surface area (Å²) in [5, 5.41) is 6.35. The van der Waals surface area contributed by atoms with Gasteiger partial charge in [0.25, 0.3) is 0 Å². The van der Waals surface area contributed by atoms with Crippen molar-refractivity contribution in [2.75, 3.05) is 57.1 Å². The van der Waals surface area contributed by atoms with E-state index in [2.05, 4.69) is 27.5 Å². The van der Waals surface area contributed by atoms with Crippen LogP contribution in [-0.4, -0.2) is 72.8 Å². The zero-order chi connectivity index (χ0) is 17.2. The molecule has 2 rings (SSSR count). The van der Waals surface area contributed by atoms with Gasteiger partial charge in [-0.3, -0.25) is 4.79 Å². The first-order valence-corrected chi connectivity index (χ1v) is 8.51. The summed E-state index contributed by atoms with van der Waals surface area (Å²) in [7, 11) is 1.83. The SMILES string of the molecule is CCCCOc1ncc(NC)c(NCCCN2CCOCC2=O)n1.O.[HH]. The van der Waals surface area contributed by atoms with Crippen molar-refractivity contribution < 1.29 is 21.2 Å². The smallest absolute Gasteiger partial charge is 0.318 e. The first-order chi connectivity index (χ1) is 11.7. The van der Waals surface area contributed by atoms with Crippen LogP contribution in [0.3, 0.4) is 0 Å². The Hall–Kier alpha value is -2.13. The monoisotopic (exact) mass is 357 g/mol. The highest BCUT2D eigenvalue weighted by Gasteiger charge is 2.17. The number of morpholine rings is 1. The van der Waals surface area contributed by atoms with E-state index in [-0.39, 0.29) is 19.4 Å². The van der Waals surface area contributed by atoms with Crippen molar-refractivity contribution in [1.29, 1.82) is 0 Å². The minimum atomic E-state index is 0. The molecule has 9 nitrogen and oxygen atoms in total. The summed E-state index contributed by atoms with van der Waals surface area (Å²) >= 11 is 0. The molecule has 1 aromatic heterocycles. The van der Waals surface area contributed by atoms with E-state index in [1.54, 1.807) is 6.20 Å². The molecule has 144 valence electrons. The second-order valence-electron chi connectivity index (χ2n) is 5.58. The average molecular weight is 357 g/mol. The Morgan fingerprint density at radius 1 is 1.44 bits per heavy atom. The molecule has 25 heavy (non-hydrogen) atoms. The van der Waals surface area contributed by atoms with Gasteiger partial charge in [0.2, 0.25) is 5.91 Å². The van der Waals surface area contributed by atoms with Crippen molar-refractivity contribution in [3.63, 3.8) is 0 Å². The number of unbranched alkanes of at least 4 members (excludes halogenated alkanes) is 1. The van der Waals surface area contributed by atoms with E-state index in [4.69, 9.17) is 9.47 Å². The van der Waals surface area contributed by atoms with Crippen molar-refractivity contribution in [2.24, 2.45) is 0 Å². The Morgan fingerprint density at radius 2 is 2.28 bits per heavy atom. The van der Waals surface area contributed by atoms with Crippen molar-refractivity contribution in [3.8, 4) is 6.01 Å². The molecule has 1 aromatic rings. The molecule has 9 heteroatoms. The molecule has 0 radical (unpaired) electrons. The van der Waals surface area contributed by atoms with Crippen LogP contribution in [0.1, 0.15) is 27.6 Å². The number of carbonyl (C=O) groups is 1. The first kappa shape index (κ1) is 20.9. The van der Waals surface area contributed by atoms with E-state index >= 15 is 0 Å². The number of anilines is 2. The van der Waals surface area contributed by atoms with Gasteiger partial charge in [0, 0.05) is 28.1 Å². The number of hydrogen-bond acceptors (Lipinski definition) is 7. The molecule has 0 spiro atoms. The summed E-state index contributed by atoms with van der Waals surface area (Å²) in [6.07, 6.45) is 4.60. The number of rotatable bonds is 10. The summed E-state index contributed by atoms with van der Waals surface area (Å²) in [6.45, 7) is 5.65. The van der Waals surface area contributed by atoms with Gasteiger partial charge in [-0.05, 0) is 12.8 Å². The van der Waals surface area contributed by atoms with Gasteiger partial charge in [-0.15, -0.1) is 0 Å². The molecule has 2 heterocycles. The lowest BCUT2D eigenvalue weighted by molar-refractivity contribution is -0.142. The number of nitrogens with one attached hydrogen (secondary N) is 2. The highest BCUT2D eigenvalue weighted by atomic mass is 16.5. The Labute approximate surface area is 149 Å². The van der Waals surface area contributed by atoms with Crippen molar-refractivity contribution in [3.05, 3.63) is 6.20 Å². The van der Waals surface area contributed by atoms with E-state index in [0.29, 0.717) is 38.1 Å². The largest absolute Gasteiger partial charge is 0.463 e. The summed E-state index contributed by atoms with van der Waals surface area (Å²) in [5.41, 5.74) is 0.820. The van der Waals surface area contributed by atoms with Crippen LogP contribution < -0.4 is 15.4 Å². The van der Waals surface area contributed by atoms with Gasteiger partial charge < -0.3 is 30.5 Å². The van der Waals surface area contributed by atoms with E-state index < -0.39 is 0 Å². The third-order valence-corrected chi connectivity index (χ3v) is 3.75. The highest BCUT2D eigenvalue weighted by Crippen LogP contribution is 2.20. The molecular weight excluding hydrogens is 326 g/mol. The van der Waals surface area contributed by atoms with Crippen LogP contribution in [0.4, 0.5) is 11.5 Å². The molecule has 1 aliphatic heterocycles. The number of carbonyl (C=O) groups excluding carboxylic acids is 1. The van der Waals surface area contributed by atoms with Crippen LogP contribution in [0.15, 0.2) is 6.20 Å². The standard InChI is InChI=1S/C16H27N5O3.H2O.H2/c1-3-4-9-24-16-19-11-13(17-2)15(20-16)18-6-5-7-21-8-10-23-12-14(21)22;;/h11,17H,3-10,12H2,1-2H3,(H,18,19,20);1H2;1H. The second kappa shape index (κ2) is 11.4. The maximum absolute atomic E-state index is 11.7. The van der Waals surface area contributed by atoms with Crippen molar-refractivity contribution in [2.45, 2.75) is 26.2 Å². The number of nitrogens with zero attached hydrogens (tertiary/aromatic N) is 3. The maximum Gasteiger partial charge on any atom is 0.318 e. The second-order valence-corrected chi connectivity index (χ2v) is 5.58. The maximum atomic E-state index is 11.7. The van der Waals surface area contributed by atoms with Gasteiger partial charge in [-0.25, -0.2) is 4.98 Å². The molecule has 0 bridgehead atoms. The average Bonchev–Trinajstić information content (AvgIpc) is 2.60. The van der Waals surface area contributed by atoms with Crippen LogP contribution >= 0.6 is 0 Å². The summed E-state index contributed by atoms with van der Waals surface area (Å²) in [5.74, 6) is 0.776. The van der Waals surface area contributed by atoms with Crippen LogP contribution in [0.5, 0.6) is 6.01 Å². The number of aromatic nitrogens is 2. The molecule has 0 aliphatic carbocycles. The molecule has 0 atom stereocenters. The fourth-order valence-electron chi connectivity index (χ4n) is 2.32. The number of amides is 1. The Bertz CT molecular complexity index is 535.